The van der Waals surface area contributed by atoms with Crippen LogP contribution in [0.3, 0.4) is 0 Å². The van der Waals surface area contributed by atoms with E-state index in [1.807, 2.05) is 24.3 Å². The van der Waals surface area contributed by atoms with Crippen molar-refractivity contribution in [2.24, 2.45) is 0 Å². The molecule has 2 aliphatic heterocycles. The van der Waals surface area contributed by atoms with Gasteiger partial charge in [-0.2, -0.15) is 0 Å². The van der Waals surface area contributed by atoms with Crippen LogP contribution in [0.25, 0.3) is 22.9 Å². The summed E-state index contributed by atoms with van der Waals surface area (Å²) in [5.74, 6) is 1.93. The average Bonchev–Trinajstić information content (AvgIpc) is 2.46. The summed E-state index contributed by atoms with van der Waals surface area (Å²) < 4.78 is 11.3. The molecule has 0 saturated carbocycles. The molecule has 2 aromatic carbocycles. The highest BCUT2D eigenvalue weighted by Crippen LogP contribution is 2.37. The van der Waals surface area contributed by atoms with Gasteiger partial charge in [0.05, 0.1) is 0 Å². The zero-order chi connectivity index (χ0) is 11.9. The Labute approximate surface area is 105 Å². The number of benzene rings is 2. The topological polar surface area (TPSA) is 18.5 Å². The molecule has 2 nitrogen and oxygen atoms in total. The Morgan fingerprint density at radius 2 is 1.17 bits per heavy atom. The van der Waals surface area contributed by atoms with Gasteiger partial charge in [-0.3, -0.25) is 0 Å². The van der Waals surface area contributed by atoms with E-state index in [9.17, 15) is 0 Å². The third kappa shape index (κ3) is 1.29. The Kier molecular flexibility index (Phi) is 1.97. The fourth-order valence-electron chi connectivity index (χ4n) is 2.62. The number of hydrogen-bond donors (Lipinski definition) is 0. The van der Waals surface area contributed by atoms with Crippen molar-refractivity contribution in [3.8, 4) is 11.5 Å². The van der Waals surface area contributed by atoms with E-state index in [4.69, 9.17) is 9.47 Å². The second-order valence-corrected chi connectivity index (χ2v) is 4.48. The molecule has 88 valence electrons. The molecule has 2 aliphatic rings. The molecule has 0 saturated heterocycles. The van der Waals surface area contributed by atoms with Gasteiger partial charge in [0.25, 0.3) is 0 Å². The lowest BCUT2D eigenvalue weighted by molar-refractivity contribution is 0.358. The maximum atomic E-state index is 5.64. The Morgan fingerprint density at radius 1 is 0.667 bits per heavy atom. The summed E-state index contributed by atoms with van der Waals surface area (Å²) in [6.45, 7) is 1.32. The number of rotatable bonds is 0. The molecule has 0 radical (unpaired) electrons. The predicted molar refractivity (Wildman–Crippen MR) is 73.0 cm³/mol. The lowest BCUT2D eigenvalue weighted by Gasteiger charge is -2.18. The molecule has 0 aliphatic carbocycles. The Morgan fingerprint density at radius 3 is 1.67 bits per heavy atom. The molecular weight excluding hydrogens is 224 g/mol. The number of fused-ring (bicyclic) bond motifs is 5. The first-order chi connectivity index (χ1) is 8.93. The molecule has 0 atom stereocenters. The highest BCUT2D eigenvalue weighted by molar-refractivity contribution is 6.00. The zero-order valence-corrected chi connectivity index (χ0v) is 9.85. The van der Waals surface area contributed by atoms with Crippen LogP contribution >= 0.6 is 0 Å². The van der Waals surface area contributed by atoms with Crippen molar-refractivity contribution >= 4 is 22.9 Å². The van der Waals surface area contributed by atoms with Gasteiger partial charge >= 0.3 is 0 Å². The lowest BCUT2D eigenvalue weighted by Crippen LogP contribution is -2.03. The fraction of sp³-hybridized carbons (Fsp3) is 0.125. The van der Waals surface area contributed by atoms with Crippen molar-refractivity contribution in [1.82, 2.24) is 0 Å². The standard InChI is InChI=1S/C16H12O2/c1-3-13-11-5-8-16-14(4-2-10-18-16)12(11)6-7-15(13)17-9-1/h1-8H,9-10H2. The van der Waals surface area contributed by atoms with Crippen molar-refractivity contribution < 1.29 is 9.47 Å². The molecule has 0 amide bonds. The van der Waals surface area contributed by atoms with Crippen LogP contribution in [0.1, 0.15) is 11.1 Å². The third-order valence-electron chi connectivity index (χ3n) is 3.44. The molecule has 2 aromatic rings. The first-order valence-corrected chi connectivity index (χ1v) is 6.12. The van der Waals surface area contributed by atoms with Gasteiger partial charge in [0.1, 0.15) is 24.7 Å². The van der Waals surface area contributed by atoms with Gasteiger partial charge in [-0.15, -0.1) is 0 Å². The molecule has 2 heteroatoms. The van der Waals surface area contributed by atoms with E-state index in [-0.39, 0.29) is 0 Å². The fourth-order valence-corrected chi connectivity index (χ4v) is 2.62. The molecule has 0 unspecified atom stereocenters. The first kappa shape index (κ1) is 9.77. The van der Waals surface area contributed by atoms with Crippen LogP contribution in [0.4, 0.5) is 0 Å². The number of ether oxygens (including phenoxy) is 2. The highest BCUT2D eigenvalue weighted by Gasteiger charge is 2.14. The third-order valence-corrected chi connectivity index (χ3v) is 3.44. The van der Waals surface area contributed by atoms with Crippen molar-refractivity contribution in [3.63, 3.8) is 0 Å². The Balaban J connectivity index is 2.09. The summed E-state index contributed by atoms with van der Waals surface area (Å²) in [4.78, 5) is 0. The Hall–Kier alpha value is -2.22. The first-order valence-electron chi connectivity index (χ1n) is 6.12. The normalized spacial score (nSPS) is 15.8. The van der Waals surface area contributed by atoms with Crippen molar-refractivity contribution in [2.75, 3.05) is 13.2 Å². The highest BCUT2D eigenvalue weighted by atomic mass is 16.5. The maximum absolute atomic E-state index is 5.64. The summed E-state index contributed by atoms with van der Waals surface area (Å²) in [6.07, 6.45) is 8.38. The summed E-state index contributed by atoms with van der Waals surface area (Å²) >= 11 is 0. The second kappa shape index (κ2) is 3.64. The van der Waals surface area contributed by atoms with Gasteiger partial charge in [-0.25, -0.2) is 0 Å². The quantitative estimate of drug-likeness (QED) is 0.695. The van der Waals surface area contributed by atoms with Gasteiger partial charge in [0.2, 0.25) is 0 Å². The van der Waals surface area contributed by atoms with Crippen LogP contribution in [0.2, 0.25) is 0 Å². The van der Waals surface area contributed by atoms with Gasteiger partial charge < -0.3 is 9.47 Å². The maximum Gasteiger partial charge on any atom is 0.127 e. The van der Waals surface area contributed by atoms with Crippen LogP contribution < -0.4 is 9.47 Å². The number of hydrogen-bond acceptors (Lipinski definition) is 2. The van der Waals surface area contributed by atoms with Crippen LogP contribution in [0, 0.1) is 0 Å². The minimum absolute atomic E-state index is 0.659. The minimum Gasteiger partial charge on any atom is -0.489 e. The van der Waals surface area contributed by atoms with Gasteiger partial charge in [-0.1, -0.05) is 12.2 Å². The van der Waals surface area contributed by atoms with E-state index in [2.05, 4.69) is 24.3 Å². The smallest absolute Gasteiger partial charge is 0.127 e. The lowest BCUT2D eigenvalue weighted by atomic mass is 9.96. The summed E-state index contributed by atoms with van der Waals surface area (Å²) in [6, 6.07) is 8.32. The van der Waals surface area contributed by atoms with Gasteiger partial charge in [0.15, 0.2) is 0 Å². The molecule has 18 heavy (non-hydrogen) atoms. The van der Waals surface area contributed by atoms with E-state index in [0.717, 1.165) is 11.5 Å². The SMILES string of the molecule is C1=Cc2c(ccc3c4c(ccc23)OCC=C4)OC1. The largest absolute Gasteiger partial charge is 0.489 e. The van der Waals surface area contributed by atoms with Crippen LogP contribution in [-0.2, 0) is 0 Å². The summed E-state index contributed by atoms with van der Waals surface area (Å²) in [7, 11) is 0. The zero-order valence-electron chi connectivity index (χ0n) is 9.85. The second-order valence-electron chi connectivity index (χ2n) is 4.48. The van der Waals surface area contributed by atoms with Crippen LogP contribution in [-0.4, -0.2) is 13.2 Å². The predicted octanol–water partition coefficient (Wildman–Crippen LogP) is 3.65. The molecule has 4 rings (SSSR count). The molecule has 0 aromatic heterocycles. The molecule has 2 heterocycles. The van der Waals surface area contributed by atoms with E-state index < -0.39 is 0 Å². The van der Waals surface area contributed by atoms with Gasteiger partial charge in [0, 0.05) is 11.1 Å². The van der Waals surface area contributed by atoms with Crippen molar-refractivity contribution in [1.29, 1.82) is 0 Å². The monoisotopic (exact) mass is 236 g/mol. The van der Waals surface area contributed by atoms with E-state index in [1.54, 1.807) is 0 Å². The van der Waals surface area contributed by atoms with E-state index >= 15 is 0 Å². The average molecular weight is 236 g/mol. The molecule has 0 spiro atoms. The summed E-state index contributed by atoms with van der Waals surface area (Å²) in [5, 5.41) is 2.44. The van der Waals surface area contributed by atoms with Crippen molar-refractivity contribution in [2.45, 2.75) is 0 Å². The van der Waals surface area contributed by atoms with E-state index in [0.29, 0.717) is 13.2 Å². The van der Waals surface area contributed by atoms with Crippen LogP contribution in [0.5, 0.6) is 11.5 Å². The summed E-state index contributed by atoms with van der Waals surface area (Å²) in [5.41, 5.74) is 2.33. The molecule has 0 fully saturated rings. The molecule has 0 N–H and O–H groups in total. The van der Waals surface area contributed by atoms with E-state index in [1.165, 1.54) is 21.9 Å². The van der Waals surface area contributed by atoms with Gasteiger partial charge in [-0.05, 0) is 47.2 Å². The molecule has 0 bridgehead atoms. The van der Waals surface area contributed by atoms with Crippen LogP contribution in [0.15, 0.2) is 36.4 Å². The minimum atomic E-state index is 0.659. The Bertz CT molecular complexity index is 635. The molecular formula is C16H12O2. The van der Waals surface area contributed by atoms with Crippen molar-refractivity contribution in [3.05, 3.63) is 47.5 Å².